The normalized spacial score (nSPS) is 10.6. The predicted octanol–water partition coefficient (Wildman–Crippen LogP) is 2.71. The van der Waals surface area contributed by atoms with Gasteiger partial charge in [0.1, 0.15) is 6.54 Å². The molecular weight excluding hydrogens is 344 g/mol. The molecule has 0 radical (unpaired) electrons. The smallest absolute Gasteiger partial charge is 0.288 e. The molecule has 0 unspecified atom stereocenters. The van der Waals surface area contributed by atoms with Crippen molar-refractivity contribution in [1.82, 2.24) is 4.57 Å². The van der Waals surface area contributed by atoms with Crippen LogP contribution < -0.4 is 10.9 Å². The van der Waals surface area contributed by atoms with Crippen LogP contribution in [0, 0.1) is 10.1 Å². The Kier molecular flexibility index (Phi) is 5.64. The van der Waals surface area contributed by atoms with Gasteiger partial charge in [0.15, 0.2) is 0 Å². The Labute approximate surface area is 138 Å². The lowest BCUT2D eigenvalue weighted by Gasteiger charge is -2.11. The minimum absolute atomic E-state index is 0.172. The number of para-hydroxylation sites is 1. The summed E-state index contributed by atoms with van der Waals surface area (Å²) in [6, 6.07) is 7.98. The van der Waals surface area contributed by atoms with E-state index < -0.39 is 28.7 Å². The van der Waals surface area contributed by atoms with Crippen LogP contribution in [0.15, 0.2) is 52.3 Å². The number of rotatable bonds is 6. The van der Waals surface area contributed by atoms with E-state index >= 15 is 0 Å². The topological polar surface area (TPSA) is 94.2 Å². The van der Waals surface area contributed by atoms with E-state index in [1.54, 1.807) is 12.1 Å². The second-order valence-electron chi connectivity index (χ2n) is 4.53. The number of amides is 1. The van der Waals surface area contributed by atoms with Crippen molar-refractivity contribution in [2.75, 3.05) is 5.32 Å². The van der Waals surface area contributed by atoms with Crippen molar-refractivity contribution in [1.29, 1.82) is 0 Å². The molecule has 7 nitrogen and oxygen atoms in total. The summed E-state index contributed by atoms with van der Waals surface area (Å²) in [5, 5.41) is 13.1. The van der Waals surface area contributed by atoms with Gasteiger partial charge >= 0.3 is 0 Å². The van der Waals surface area contributed by atoms with E-state index in [0.717, 1.165) is 22.9 Å². The van der Waals surface area contributed by atoms with Gasteiger partial charge in [-0.1, -0.05) is 23.9 Å². The minimum atomic E-state index is -2.65. The van der Waals surface area contributed by atoms with Gasteiger partial charge in [-0.3, -0.25) is 24.3 Å². The SMILES string of the molecule is O=C(Cn1cc([N+](=O)[O-])ccc1=O)Nc1ccccc1SC(F)F. The highest BCUT2D eigenvalue weighted by Crippen LogP contribution is 2.31. The standard InChI is InChI=1S/C14H11F2N3O4S/c15-14(16)24-11-4-2-1-3-10(11)17-12(20)8-18-7-9(19(22)23)5-6-13(18)21/h1-7,14H,8H2,(H,17,20). The zero-order valence-corrected chi connectivity index (χ0v) is 12.8. The van der Waals surface area contributed by atoms with Crippen LogP contribution in [0.25, 0.3) is 0 Å². The summed E-state index contributed by atoms with van der Waals surface area (Å²) in [5.41, 5.74) is -0.756. The maximum atomic E-state index is 12.5. The van der Waals surface area contributed by atoms with Crippen LogP contribution in [0.5, 0.6) is 0 Å². The summed E-state index contributed by atoms with van der Waals surface area (Å²) in [7, 11) is 0. The Balaban J connectivity index is 2.16. The zero-order chi connectivity index (χ0) is 17.7. The van der Waals surface area contributed by atoms with Gasteiger partial charge in [-0.05, 0) is 12.1 Å². The van der Waals surface area contributed by atoms with E-state index in [2.05, 4.69) is 5.32 Å². The van der Waals surface area contributed by atoms with Gasteiger partial charge in [-0.25, -0.2) is 0 Å². The Hall–Kier alpha value is -2.75. The second kappa shape index (κ2) is 7.68. The second-order valence-corrected chi connectivity index (χ2v) is 5.57. The number of carbonyl (C=O) groups excluding carboxylic acids is 1. The number of hydrogen-bond acceptors (Lipinski definition) is 5. The number of nitro groups is 1. The predicted molar refractivity (Wildman–Crippen MR) is 84.3 cm³/mol. The monoisotopic (exact) mass is 355 g/mol. The fourth-order valence-electron chi connectivity index (χ4n) is 1.86. The molecule has 10 heteroatoms. The van der Waals surface area contributed by atoms with Crippen LogP contribution in [-0.2, 0) is 11.3 Å². The molecule has 1 heterocycles. The number of thioether (sulfide) groups is 1. The molecule has 2 aromatic rings. The highest BCUT2D eigenvalue weighted by Gasteiger charge is 2.14. The maximum absolute atomic E-state index is 12.5. The van der Waals surface area contributed by atoms with Crippen molar-refractivity contribution < 1.29 is 18.5 Å². The lowest BCUT2D eigenvalue weighted by atomic mass is 10.3. The van der Waals surface area contributed by atoms with Crippen LogP contribution in [-0.4, -0.2) is 21.2 Å². The summed E-state index contributed by atoms with van der Waals surface area (Å²) >= 11 is 0.277. The number of nitrogens with zero attached hydrogens (tertiary/aromatic N) is 2. The molecule has 0 aliphatic rings. The molecule has 0 aliphatic carbocycles. The van der Waals surface area contributed by atoms with Crippen LogP contribution in [0.1, 0.15) is 0 Å². The Bertz CT molecular complexity index is 826. The van der Waals surface area contributed by atoms with Crippen LogP contribution in [0.3, 0.4) is 0 Å². The van der Waals surface area contributed by atoms with Crippen molar-refractivity contribution in [2.45, 2.75) is 17.2 Å². The first kappa shape index (κ1) is 17.6. The first-order chi connectivity index (χ1) is 11.4. The molecule has 2 rings (SSSR count). The summed E-state index contributed by atoms with van der Waals surface area (Å²) in [6.45, 7) is -0.478. The molecule has 0 bridgehead atoms. The lowest BCUT2D eigenvalue weighted by molar-refractivity contribution is -0.385. The fraction of sp³-hybridized carbons (Fsp3) is 0.143. The molecule has 0 saturated carbocycles. The average Bonchev–Trinajstić information content (AvgIpc) is 2.50. The third kappa shape index (κ3) is 4.62. The largest absolute Gasteiger partial charge is 0.324 e. The Morgan fingerprint density at radius 2 is 2.00 bits per heavy atom. The van der Waals surface area contributed by atoms with Crippen molar-refractivity contribution in [3.8, 4) is 0 Å². The maximum Gasteiger partial charge on any atom is 0.288 e. The quantitative estimate of drug-likeness (QED) is 0.488. The number of nitrogens with one attached hydrogen (secondary N) is 1. The average molecular weight is 355 g/mol. The molecule has 1 aromatic heterocycles. The van der Waals surface area contributed by atoms with E-state index in [1.165, 1.54) is 12.1 Å². The molecule has 126 valence electrons. The number of pyridine rings is 1. The number of carbonyl (C=O) groups is 1. The summed E-state index contributed by atoms with van der Waals surface area (Å²) in [6.07, 6.45) is 0.946. The molecule has 1 amide bonds. The molecule has 0 fully saturated rings. The number of hydrogen-bond donors (Lipinski definition) is 1. The Morgan fingerprint density at radius 1 is 1.29 bits per heavy atom. The number of halogens is 2. The first-order valence-electron chi connectivity index (χ1n) is 6.55. The van der Waals surface area contributed by atoms with Crippen molar-refractivity contribution >= 4 is 29.0 Å². The van der Waals surface area contributed by atoms with Gasteiger partial charge in [-0.15, -0.1) is 0 Å². The molecule has 0 atom stereocenters. The number of aromatic nitrogens is 1. The molecule has 0 spiro atoms. The van der Waals surface area contributed by atoms with Crippen molar-refractivity contribution in [3.63, 3.8) is 0 Å². The van der Waals surface area contributed by atoms with Crippen molar-refractivity contribution in [3.05, 3.63) is 63.1 Å². The van der Waals surface area contributed by atoms with Crippen molar-refractivity contribution in [2.24, 2.45) is 0 Å². The molecule has 0 saturated heterocycles. The molecule has 1 aromatic carbocycles. The van der Waals surface area contributed by atoms with Gasteiger partial charge < -0.3 is 5.32 Å². The summed E-state index contributed by atoms with van der Waals surface area (Å²) in [4.78, 5) is 33.9. The van der Waals surface area contributed by atoms with E-state index in [-0.39, 0.29) is 28.0 Å². The van der Waals surface area contributed by atoms with Gasteiger partial charge in [0.25, 0.3) is 17.0 Å². The third-order valence-corrected chi connectivity index (χ3v) is 3.66. The zero-order valence-electron chi connectivity index (χ0n) is 12.0. The van der Waals surface area contributed by atoms with E-state index in [4.69, 9.17) is 0 Å². The van der Waals surface area contributed by atoms with E-state index in [0.29, 0.717) is 0 Å². The molecule has 24 heavy (non-hydrogen) atoms. The van der Waals surface area contributed by atoms with Crippen LogP contribution in [0.2, 0.25) is 0 Å². The van der Waals surface area contributed by atoms with Gasteiger partial charge in [0.05, 0.1) is 16.8 Å². The lowest BCUT2D eigenvalue weighted by Crippen LogP contribution is -2.27. The Morgan fingerprint density at radius 3 is 2.67 bits per heavy atom. The molecule has 1 N–H and O–H groups in total. The minimum Gasteiger partial charge on any atom is -0.324 e. The van der Waals surface area contributed by atoms with Crippen LogP contribution in [0.4, 0.5) is 20.2 Å². The summed E-state index contributed by atoms with van der Waals surface area (Å²) in [5.74, 6) is -3.32. The highest BCUT2D eigenvalue weighted by atomic mass is 32.2. The number of benzene rings is 1. The third-order valence-electron chi connectivity index (χ3n) is 2.87. The molecule has 0 aliphatic heterocycles. The van der Waals surface area contributed by atoms with Gasteiger partial charge in [0, 0.05) is 17.0 Å². The number of alkyl halides is 2. The van der Waals surface area contributed by atoms with Crippen LogP contribution >= 0.6 is 11.8 Å². The molecular formula is C14H11F2N3O4S. The van der Waals surface area contributed by atoms with Gasteiger partial charge in [0.2, 0.25) is 5.91 Å². The van der Waals surface area contributed by atoms with E-state index in [1.807, 2.05) is 0 Å². The fourth-order valence-corrected chi connectivity index (χ4v) is 2.46. The number of anilines is 1. The van der Waals surface area contributed by atoms with Gasteiger partial charge in [-0.2, -0.15) is 8.78 Å². The highest BCUT2D eigenvalue weighted by molar-refractivity contribution is 7.99. The van der Waals surface area contributed by atoms with E-state index in [9.17, 15) is 28.5 Å². The first-order valence-corrected chi connectivity index (χ1v) is 7.43. The summed E-state index contributed by atoms with van der Waals surface area (Å²) < 4.78 is 25.9.